The minimum absolute atomic E-state index is 0.0937. The fraction of sp³-hybridized carbons (Fsp3) is 0.440. The number of carbonyl (C=O) groups is 1. The predicted octanol–water partition coefficient (Wildman–Crippen LogP) is 5.27. The normalized spacial score (nSPS) is 17.9. The number of fused-ring (bicyclic) bond motifs is 1. The van der Waals surface area contributed by atoms with E-state index in [0.29, 0.717) is 17.7 Å². The van der Waals surface area contributed by atoms with Crippen LogP contribution >= 0.6 is 0 Å². The predicted molar refractivity (Wildman–Crippen MR) is 122 cm³/mol. The van der Waals surface area contributed by atoms with Gasteiger partial charge in [0, 0.05) is 20.0 Å². The lowest BCUT2D eigenvalue weighted by Crippen LogP contribution is -2.37. The molecule has 1 aliphatic carbocycles. The maximum Gasteiger partial charge on any atom is 0.408 e. The number of carbonyl (C=O) groups excluding carboxylic acids is 1. The summed E-state index contributed by atoms with van der Waals surface area (Å²) in [7, 11) is 1.58. The van der Waals surface area contributed by atoms with Crippen LogP contribution < -0.4 is 11.1 Å². The summed E-state index contributed by atoms with van der Waals surface area (Å²) in [6.07, 6.45) is -0.675. The highest BCUT2D eigenvalue weighted by Gasteiger charge is 2.40. The fourth-order valence-corrected chi connectivity index (χ4v) is 4.27. The third-order valence-corrected chi connectivity index (χ3v) is 6.19. The van der Waals surface area contributed by atoms with Crippen molar-refractivity contribution in [1.82, 2.24) is 10.3 Å². The summed E-state index contributed by atoms with van der Waals surface area (Å²) in [5, 5.41) is 2.81. The molecule has 1 saturated carbocycles. The van der Waals surface area contributed by atoms with E-state index in [2.05, 4.69) is 10.3 Å². The SMILES string of the molecule is COCC(N)c1ccc2oc([C@@H](NC(=O)OCc3ccccc3)C3CCC(F)(F)CC3)nc2c1. The van der Waals surface area contributed by atoms with Crippen LogP contribution in [0.2, 0.25) is 0 Å². The van der Waals surface area contributed by atoms with Gasteiger partial charge in [0.05, 0.1) is 12.6 Å². The van der Waals surface area contributed by atoms with Crippen LogP contribution in [0.1, 0.15) is 54.8 Å². The number of alkyl halides is 2. The van der Waals surface area contributed by atoms with Crippen molar-refractivity contribution < 1.29 is 27.5 Å². The summed E-state index contributed by atoms with van der Waals surface area (Å²) < 4.78 is 44.0. The molecular weight excluding hydrogens is 444 g/mol. The number of nitrogens with zero attached hydrogens (tertiary/aromatic N) is 1. The molecule has 7 nitrogen and oxygen atoms in total. The van der Waals surface area contributed by atoms with Crippen LogP contribution in [-0.4, -0.2) is 30.7 Å². The first-order chi connectivity index (χ1) is 16.3. The molecule has 34 heavy (non-hydrogen) atoms. The van der Waals surface area contributed by atoms with E-state index in [9.17, 15) is 13.6 Å². The van der Waals surface area contributed by atoms with Crippen LogP contribution in [0, 0.1) is 5.92 Å². The molecule has 1 aromatic heterocycles. The van der Waals surface area contributed by atoms with Crippen LogP contribution in [0.4, 0.5) is 13.6 Å². The van der Waals surface area contributed by atoms with Gasteiger partial charge >= 0.3 is 6.09 Å². The Morgan fingerprint density at radius 2 is 1.97 bits per heavy atom. The monoisotopic (exact) mass is 473 g/mol. The maximum atomic E-state index is 13.8. The number of ether oxygens (including phenoxy) is 2. The second-order valence-corrected chi connectivity index (χ2v) is 8.72. The number of nitrogens with one attached hydrogen (secondary N) is 1. The van der Waals surface area contributed by atoms with Gasteiger partial charge in [-0.25, -0.2) is 18.6 Å². The Hall–Kier alpha value is -3.04. The number of nitrogens with two attached hydrogens (primary N) is 1. The number of amides is 1. The average Bonchev–Trinajstić information content (AvgIpc) is 3.25. The summed E-state index contributed by atoms with van der Waals surface area (Å²) in [4.78, 5) is 17.2. The van der Waals surface area contributed by atoms with E-state index >= 15 is 0 Å². The number of aromatic nitrogens is 1. The first-order valence-corrected chi connectivity index (χ1v) is 11.3. The van der Waals surface area contributed by atoms with Crippen molar-refractivity contribution in [1.29, 1.82) is 0 Å². The third-order valence-electron chi connectivity index (χ3n) is 6.19. The van der Waals surface area contributed by atoms with Gasteiger partial charge in [-0.1, -0.05) is 36.4 Å². The number of halogens is 2. The zero-order valence-electron chi connectivity index (χ0n) is 19.0. The quantitative estimate of drug-likeness (QED) is 0.463. The van der Waals surface area contributed by atoms with Crippen LogP contribution in [0.5, 0.6) is 0 Å². The molecule has 1 fully saturated rings. The minimum atomic E-state index is -2.69. The van der Waals surface area contributed by atoms with Gasteiger partial charge in [0.15, 0.2) is 5.58 Å². The largest absolute Gasteiger partial charge is 0.445 e. The highest BCUT2D eigenvalue weighted by Crippen LogP contribution is 2.41. The van der Waals surface area contributed by atoms with Crippen molar-refractivity contribution in [2.45, 2.75) is 50.3 Å². The molecule has 1 amide bonds. The Morgan fingerprint density at radius 3 is 2.68 bits per heavy atom. The molecular formula is C25H29F2N3O4. The summed E-state index contributed by atoms with van der Waals surface area (Å²) in [6, 6.07) is 13.7. The van der Waals surface area contributed by atoms with Crippen molar-refractivity contribution in [3.63, 3.8) is 0 Å². The molecule has 0 radical (unpaired) electrons. The van der Waals surface area contributed by atoms with Crippen LogP contribution in [0.25, 0.3) is 11.1 Å². The Labute approximate surface area is 196 Å². The van der Waals surface area contributed by atoms with E-state index in [1.807, 2.05) is 42.5 Å². The number of benzene rings is 2. The Bertz CT molecular complexity index is 1100. The van der Waals surface area contributed by atoms with Gasteiger partial charge in [-0.05, 0) is 42.0 Å². The van der Waals surface area contributed by atoms with E-state index in [0.717, 1.165) is 11.1 Å². The minimum Gasteiger partial charge on any atom is -0.445 e. The Morgan fingerprint density at radius 1 is 1.24 bits per heavy atom. The lowest BCUT2D eigenvalue weighted by molar-refractivity contribution is -0.0505. The van der Waals surface area contributed by atoms with Crippen molar-refractivity contribution in [3.05, 3.63) is 65.5 Å². The van der Waals surface area contributed by atoms with E-state index in [1.165, 1.54) is 0 Å². The Kier molecular flexibility index (Phi) is 7.43. The highest BCUT2D eigenvalue weighted by atomic mass is 19.3. The second-order valence-electron chi connectivity index (χ2n) is 8.72. The molecule has 182 valence electrons. The first-order valence-electron chi connectivity index (χ1n) is 11.3. The first kappa shape index (κ1) is 24.1. The number of alkyl carbamates (subject to hydrolysis) is 1. The molecule has 3 N–H and O–H groups in total. The molecule has 1 heterocycles. The molecule has 3 aromatic rings. The summed E-state index contributed by atoms with van der Waals surface area (Å²) in [6.45, 7) is 0.445. The smallest absolute Gasteiger partial charge is 0.408 e. The van der Waals surface area contributed by atoms with Gasteiger partial charge in [-0.2, -0.15) is 0 Å². The molecule has 1 aliphatic rings. The van der Waals surface area contributed by atoms with Crippen molar-refractivity contribution in [2.24, 2.45) is 11.7 Å². The van der Waals surface area contributed by atoms with Crippen LogP contribution in [0.3, 0.4) is 0 Å². The molecule has 4 rings (SSSR count). The van der Waals surface area contributed by atoms with Gasteiger partial charge in [0.1, 0.15) is 18.2 Å². The number of hydrogen-bond acceptors (Lipinski definition) is 6. The molecule has 9 heteroatoms. The molecule has 0 spiro atoms. The van der Waals surface area contributed by atoms with Gasteiger partial charge < -0.3 is 24.9 Å². The Balaban J connectivity index is 1.54. The van der Waals surface area contributed by atoms with E-state index in [1.54, 1.807) is 13.2 Å². The van der Waals surface area contributed by atoms with Crippen molar-refractivity contribution in [3.8, 4) is 0 Å². The van der Waals surface area contributed by atoms with Crippen molar-refractivity contribution >= 4 is 17.2 Å². The summed E-state index contributed by atoms with van der Waals surface area (Å²) >= 11 is 0. The zero-order chi connectivity index (χ0) is 24.1. The molecule has 2 atom stereocenters. The topological polar surface area (TPSA) is 99.6 Å². The number of methoxy groups -OCH3 is 1. The van der Waals surface area contributed by atoms with Gasteiger partial charge in [0.25, 0.3) is 0 Å². The van der Waals surface area contributed by atoms with Gasteiger partial charge in [-0.3, -0.25) is 0 Å². The fourth-order valence-electron chi connectivity index (χ4n) is 4.27. The number of hydrogen-bond donors (Lipinski definition) is 2. The molecule has 0 bridgehead atoms. The summed E-state index contributed by atoms with van der Waals surface area (Å²) in [5.41, 5.74) is 8.89. The van der Waals surface area contributed by atoms with Gasteiger partial charge in [-0.15, -0.1) is 0 Å². The zero-order valence-corrected chi connectivity index (χ0v) is 19.0. The number of rotatable bonds is 8. The molecule has 0 aliphatic heterocycles. The highest BCUT2D eigenvalue weighted by molar-refractivity contribution is 5.74. The third kappa shape index (κ3) is 5.90. The average molecular weight is 474 g/mol. The lowest BCUT2D eigenvalue weighted by atomic mass is 9.82. The van der Waals surface area contributed by atoms with E-state index in [4.69, 9.17) is 19.6 Å². The van der Waals surface area contributed by atoms with Crippen LogP contribution in [0.15, 0.2) is 52.9 Å². The van der Waals surface area contributed by atoms with Crippen LogP contribution in [-0.2, 0) is 16.1 Å². The molecule has 0 saturated heterocycles. The summed E-state index contributed by atoms with van der Waals surface area (Å²) in [5.74, 6) is -2.69. The molecule has 1 unspecified atom stereocenters. The van der Waals surface area contributed by atoms with E-state index in [-0.39, 0.29) is 50.1 Å². The van der Waals surface area contributed by atoms with Crippen molar-refractivity contribution in [2.75, 3.05) is 13.7 Å². The van der Waals surface area contributed by atoms with E-state index < -0.39 is 18.1 Å². The lowest BCUT2D eigenvalue weighted by Gasteiger charge is -2.32. The number of oxazole rings is 1. The molecule has 2 aromatic carbocycles. The standard InChI is InChI=1S/C25H29F2N3O4/c1-32-15-19(28)18-7-8-21-20(13-18)29-23(34-21)22(17-9-11-25(26,27)12-10-17)30-24(31)33-14-16-5-3-2-4-6-16/h2-8,13,17,19,22H,9-12,14-15,28H2,1H3,(H,30,31)/t19?,22-/m0/s1. The maximum absolute atomic E-state index is 13.8. The van der Waals surface area contributed by atoms with Gasteiger partial charge in [0.2, 0.25) is 11.8 Å². The second kappa shape index (κ2) is 10.5.